The van der Waals surface area contributed by atoms with E-state index in [4.69, 9.17) is 4.74 Å². The molecule has 0 aliphatic carbocycles. The molecule has 21 heavy (non-hydrogen) atoms. The van der Waals surface area contributed by atoms with Gasteiger partial charge in [-0.2, -0.15) is 0 Å². The third-order valence-electron chi connectivity index (χ3n) is 3.28. The van der Waals surface area contributed by atoms with Crippen LogP contribution in [0.4, 0.5) is 8.78 Å². The Hall–Kier alpha value is -1.46. The summed E-state index contributed by atoms with van der Waals surface area (Å²) >= 11 is 3.32. The molecule has 0 bridgehead atoms. The van der Waals surface area contributed by atoms with E-state index in [0.29, 0.717) is 12.1 Å². The highest BCUT2D eigenvalue weighted by atomic mass is 79.9. The SMILES string of the molecule is COc1ccc(C(C)NCc2cc(Br)ccc2F)cc1F. The van der Waals surface area contributed by atoms with Crippen LogP contribution in [-0.2, 0) is 6.54 Å². The molecule has 1 atom stereocenters. The Morgan fingerprint density at radius 3 is 2.57 bits per heavy atom. The van der Waals surface area contributed by atoms with Gasteiger partial charge in [-0.3, -0.25) is 0 Å². The highest BCUT2D eigenvalue weighted by molar-refractivity contribution is 9.10. The minimum absolute atomic E-state index is 0.108. The summed E-state index contributed by atoms with van der Waals surface area (Å²) in [5.41, 5.74) is 1.34. The molecular weight excluding hydrogens is 340 g/mol. The highest BCUT2D eigenvalue weighted by Crippen LogP contribution is 2.22. The van der Waals surface area contributed by atoms with E-state index in [1.165, 1.54) is 19.2 Å². The van der Waals surface area contributed by atoms with Crippen LogP contribution >= 0.6 is 15.9 Å². The second-order valence-electron chi connectivity index (χ2n) is 4.73. The summed E-state index contributed by atoms with van der Waals surface area (Å²) in [5.74, 6) is -0.458. The molecule has 2 nitrogen and oxygen atoms in total. The summed E-state index contributed by atoms with van der Waals surface area (Å²) in [6.45, 7) is 2.26. The fourth-order valence-corrected chi connectivity index (χ4v) is 2.42. The fraction of sp³-hybridized carbons (Fsp3) is 0.250. The van der Waals surface area contributed by atoms with Gasteiger partial charge in [0.1, 0.15) is 5.82 Å². The lowest BCUT2D eigenvalue weighted by Crippen LogP contribution is -2.19. The average molecular weight is 356 g/mol. The molecule has 0 aromatic heterocycles. The van der Waals surface area contributed by atoms with E-state index in [2.05, 4.69) is 21.2 Å². The summed E-state index contributed by atoms with van der Waals surface area (Å²) in [7, 11) is 1.43. The number of ether oxygens (including phenoxy) is 1. The Morgan fingerprint density at radius 1 is 1.14 bits per heavy atom. The van der Waals surface area contributed by atoms with Crippen molar-refractivity contribution in [2.45, 2.75) is 19.5 Å². The van der Waals surface area contributed by atoms with Gasteiger partial charge < -0.3 is 10.1 Å². The first kappa shape index (κ1) is 15.9. The van der Waals surface area contributed by atoms with Crippen LogP contribution in [0.25, 0.3) is 0 Å². The molecule has 0 spiro atoms. The van der Waals surface area contributed by atoms with Crippen LogP contribution in [0.3, 0.4) is 0 Å². The summed E-state index contributed by atoms with van der Waals surface area (Å²) in [4.78, 5) is 0. The minimum atomic E-state index is -0.405. The Labute approximate surface area is 131 Å². The van der Waals surface area contributed by atoms with Crippen LogP contribution in [-0.4, -0.2) is 7.11 Å². The summed E-state index contributed by atoms with van der Waals surface area (Å²) < 4.78 is 33.0. The van der Waals surface area contributed by atoms with E-state index in [9.17, 15) is 8.78 Å². The molecule has 0 amide bonds. The maximum Gasteiger partial charge on any atom is 0.165 e. The minimum Gasteiger partial charge on any atom is -0.494 e. The first-order valence-electron chi connectivity index (χ1n) is 6.52. The van der Waals surface area contributed by atoms with Crippen molar-refractivity contribution in [2.75, 3.05) is 7.11 Å². The molecule has 5 heteroatoms. The number of hydrogen-bond acceptors (Lipinski definition) is 2. The smallest absolute Gasteiger partial charge is 0.165 e. The largest absolute Gasteiger partial charge is 0.494 e. The molecule has 0 radical (unpaired) electrons. The second kappa shape index (κ2) is 7.00. The number of methoxy groups -OCH3 is 1. The van der Waals surface area contributed by atoms with Gasteiger partial charge in [-0.15, -0.1) is 0 Å². The van der Waals surface area contributed by atoms with Gasteiger partial charge in [0.15, 0.2) is 11.6 Å². The van der Waals surface area contributed by atoms with Crippen LogP contribution < -0.4 is 10.1 Å². The van der Waals surface area contributed by atoms with Gasteiger partial charge in [0.25, 0.3) is 0 Å². The van der Waals surface area contributed by atoms with E-state index in [1.54, 1.807) is 24.3 Å². The van der Waals surface area contributed by atoms with Gasteiger partial charge in [-0.1, -0.05) is 22.0 Å². The molecule has 0 aliphatic rings. The molecule has 0 saturated carbocycles. The number of nitrogens with one attached hydrogen (secondary N) is 1. The van der Waals surface area contributed by atoms with Crippen molar-refractivity contribution in [3.05, 3.63) is 63.6 Å². The average Bonchev–Trinajstić information content (AvgIpc) is 2.47. The molecule has 2 rings (SSSR count). The number of rotatable bonds is 5. The molecule has 0 heterocycles. The monoisotopic (exact) mass is 355 g/mol. The zero-order valence-electron chi connectivity index (χ0n) is 11.8. The van der Waals surface area contributed by atoms with Gasteiger partial charge in [-0.25, -0.2) is 8.78 Å². The number of halogens is 3. The Morgan fingerprint density at radius 2 is 1.90 bits per heavy atom. The van der Waals surface area contributed by atoms with Crippen molar-refractivity contribution in [3.63, 3.8) is 0 Å². The molecule has 0 aliphatic heterocycles. The predicted molar refractivity (Wildman–Crippen MR) is 82.3 cm³/mol. The van der Waals surface area contributed by atoms with Crippen LogP contribution in [0.5, 0.6) is 5.75 Å². The standard InChI is InChI=1S/C16H16BrF2NO/c1-10(11-3-6-16(21-2)15(19)8-11)20-9-12-7-13(17)4-5-14(12)18/h3-8,10,20H,9H2,1-2H3. The lowest BCUT2D eigenvalue weighted by molar-refractivity contribution is 0.385. The van der Waals surface area contributed by atoms with Crippen LogP contribution in [0.2, 0.25) is 0 Å². The number of benzene rings is 2. The van der Waals surface area contributed by atoms with Crippen LogP contribution in [0.15, 0.2) is 40.9 Å². The molecule has 2 aromatic carbocycles. The predicted octanol–water partition coefficient (Wildman–Crippen LogP) is 4.59. The van der Waals surface area contributed by atoms with Crippen LogP contribution in [0.1, 0.15) is 24.1 Å². The van der Waals surface area contributed by atoms with Gasteiger partial charge in [0, 0.05) is 22.6 Å². The maximum absolute atomic E-state index is 13.7. The van der Waals surface area contributed by atoms with Crippen molar-refractivity contribution in [1.29, 1.82) is 0 Å². The summed E-state index contributed by atoms with van der Waals surface area (Å²) in [6, 6.07) is 9.49. The summed E-state index contributed by atoms with van der Waals surface area (Å²) in [5, 5.41) is 3.18. The molecule has 2 aromatic rings. The Kier molecular flexibility index (Phi) is 5.31. The van der Waals surface area contributed by atoms with Crippen molar-refractivity contribution >= 4 is 15.9 Å². The molecular formula is C16H16BrF2NO. The zero-order chi connectivity index (χ0) is 15.4. The highest BCUT2D eigenvalue weighted by Gasteiger charge is 2.10. The number of hydrogen-bond donors (Lipinski definition) is 1. The first-order chi connectivity index (χ1) is 10.0. The molecule has 112 valence electrons. The molecule has 0 fully saturated rings. The normalized spacial score (nSPS) is 12.2. The van der Waals surface area contributed by atoms with Crippen molar-refractivity contribution < 1.29 is 13.5 Å². The van der Waals surface area contributed by atoms with E-state index in [-0.39, 0.29) is 17.6 Å². The first-order valence-corrected chi connectivity index (χ1v) is 7.31. The van der Waals surface area contributed by atoms with E-state index >= 15 is 0 Å². The Bertz CT molecular complexity index is 634. The second-order valence-corrected chi connectivity index (χ2v) is 5.65. The van der Waals surface area contributed by atoms with Crippen molar-refractivity contribution in [2.24, 2.45) is 0 Å². The third-order valence-corrected chi connectivity index (χ3v) is 3.78. The van der Waals surface area contributed by atoms with Crippen molar-refractivity contribution in [1.82, 2.24) is 5.32 Å². The van der Waals surface area contributed by atoms with Crippen molar-refractivity contribution in [3.8, 4) is 5.75 Å². The summed E-state index contributed by atoms with van der Waals surface area (Å²) in [6.07, 6.45) is 0. The van der Waals surface area contributed by atoms with Gasteiger partial charge in [0.05, 0.1) is 7.11 Å². The van der Waals surface area contributed by atoms with E-state index in [1.807, 2.05) is 6.92 Å². The quantitative estimate of drug-likeness (QED) is 0.846. The Balaban J connectivity index is 2.06. The van der Waals surface area contributed by atoms with E-state index < -0.39 is 5.82 Å². The van der Waals surface area contributed by atoms with E-state index in [0.717, 1.165) is 10.0 Å². The molecule has 0 saturated heterocycles. The molecule has 1 N–H and O–H groups in total. The van der Waals surface area contributed by atoms with Gasteiger partial charge in [0.2, 0.25) is 0 Å². The van der Waals surface area contributed by atoms with Crippen LogP contribution in [0, 0.1) is 11.6 Å². The maximum atomic E-state index is 13.7. The lowest BCUT2D eigenvalue weighted by Gasteiger charge is -2.15. The van der Waals surface area contributed by atoms with Gasteiger partial charge >= 0.3 is 0 Å². The third kappa shape index (κ3) is 4.02. The zero-order valence-corrected chi connectivity index (χ0v) is 13.4. The topological polar surface area (TPSA) is 21.3 Å². The lowest BCUT2D eigenvalue weighted by atomic mass is 10.1. The molecule has 1 unspecified atom stereocenters. The van der Waals surface area contributed by atoms with Gasteiger partial charge in [-0.05, 0) is 42.8 Å². The fourth-order valence-electron chi connectivity index (χ4n) is 2.01.